The first-order valence-corrected chi connectivity index (χ1v) is 23.5. The summed E-state index contributed by atoms with van der Waals surface area (Å²) >= 11 is 0.856. The summed E-state index contributed by atoms with van der Waals surface area (Å²) in [6.07, 6.45) is 3.23. The number of amides is 2. The molecule has 2 amide bonds. The average molecular weight is 913 g/mol. The number of thiazole rings is 1. The van der Waals surface area contributed by atoms with E-state index in [2.05, 4.69) is 43.2 Å². The molecule has 1 spiro atoms. The summed E-state index contributed by atoms with van der Waals surface area (Å²) in [6, 6.07) is 11.5. The van der Waals surface area contributed by atoms with Gasteiger partial charge in [0.15, 0.2) is 12.4 Å². The van der Waals surface area contributed by atoms with Crippen molar-refractivity contribution in [3.8, 4) is 11.5 Å². The Morgan fingerprint density at radius 2 is 1.81 bits per heavy atom. The molecule has 3 aromatic rings. The number of hydrogen-bond donors (Lipinski definition) is 3. The second-order valence-corrected chi connectivity index (χ2v) is 18.8. The fraction of sp³-hybridized carbons (Fsp3) is 0.609. The van der Waals surface area contributed by atoms with Gasteiger partial charge in [-0.2, -0.15) is 13.2 Å². The lowest BCUT2D eigenvalue weighted by Gasteiger charge is -2.47. The molecule has 18 heteroatoms. The number of morpholine rings is 1. The molecule has 64 heavy (non-hydrogen) atoms. The molecule has 3 saturated heterocycles. The molecule has 8 rings (SSSR count). The Balaban J connectivity index is 0.797. The van der Waals surface area contributed by atoms with Crippen molar-refractivity contribution < 1.29 is 52.0 Å². The largest absolute Gasteiger partial charge is 0.506 e. The minimum atomic E-state index is -4.38. The van der Waals surface area contributed by atoms with Crippen LogP contribution in [0.5, 0.6) is 11.5 Å². The number of phenolic OH excluding ortho intramolecular Hbond substituents is 1. The number of hydrogen-bond acceptors (Lipinski definition) is 12. The van der Waals surface area contributed by atoms with Gasteiger partial charge in [-0.25, -0.2) is 4.98 Å². The highest BCUT2D eigenvalue weighted by atomic mass is 32.1. The van der Waals surface area contributed by atoms with Gasteiger partial charge in [-0.3, -0.25) is 29.1 Å². The van der Waals surface area contributed by atoms with Crippen LogP contribution in [0.1, 0.15) is 83.6 Å². The maximum atomic E-state index is 13.2. The summed E-state index contributed by atoms with van der Waals surface area (Å²) in [4.78, 5) is 50.4. The van der Waals surface area contributed by atoms with Gasteiger partial charge < -0.3 is 34.6 Å². The fourth-order valence-electron chi connectivity index (χ4n) is 10.2. The van der Waals surface area contributed by atoms with Crippen LogP contribution in [0.3, 0.4) is 0 Å². The standard InChI is InChI=1S/C46H59F3N6O8S/c47-46(48,49)26-39-50-35(29-64-39)43(58)55-22-24-63-45(30-55)14-18-52(19-15-45)27-32-6-4-5-31(25-32)13-23-61-37-12-17-54(41(37)44(59)60)21-20-53(34-7-2-1-3-8-34)16-11-33-9-10-36(56)40-42(33)62-28-38(57)51-40/h4-6,9-10,25,29,34,37,41,56H,1-3,7-8,11-24,26-28,30H2,(H,51,57)(H,59,60)/t37?,41-/m0/s1. The number of phenols is 1. The van der Waals surface area contributed by atoms with Gasteiger partial charge in [-0.15, -0.1) is 11.3 Å². The van der Waals surface area contributed by atoms with Crippen LogP contribution in [0, 0.1) is 0 Å². The molecule has 2 aromatic carbocycles. The molecule has 5 aliphatic rings. The number of aliphatic carboxylic acids is 1. The number of piperidine rings is 1. The zero-order chi connectivity index (χ0) is 44.8. The quantitative estimate of drug-likeness (QED) is 0.150. The van der Waals surface area contributed by atoms with Gasteiger partial charge in [0, 0.05) is 63.8 Å². The van der Waals surface area contributed by atoms with Crippen molar-refractivity contribution in [3.63, 3.8) is 0 Å². The van der Waals surface area contributed by atoms with E-state index in [4.69, 9.17) is 14.2 Å². The molecular weight excluding hydrogens is 854 g/mol. The molecular formula is C46H59F3N6O8S. The van der Waals surface area contributed by atoms with E-state index in [1.54, 1.807) is 11.0 Å². The number of rotatable bonds is 16. The monoisotopic (exact) mass is 912 g/mol. The number of carboxylic acid groups (broad SMARTS) is 1. The number of likely N-dealkylation sites (tertiary alicyclic amines) is 2. The van der Waals surface area contributed by atoms with Gasteiger partial charge in [0.25, 0.3) is 11.8 Å². The Labute approximate surface area is 375 Å². The lowest BCUT2D eigenvalue weighted by atomic mass is 9.89. The van der Waals surface area contributed by atoms with Crippen molar-refractivity contribution in [1.29, 1.82) is 0 Å². The smallest absolute Gasteiger partial charge is 0.395 e. The Kier molecular flexibility index (Phi) is 14.8. The van der Waals surface area contributed by atoms with Crippen LogP contribution in [0.4, 0.5) is 18.9 Å². The van der Waals surface area contributed by atoms with Crippen LogP contribution < -0.4 is 10.1 Å². The van der Waals surface area contributed by atoms with Crippen molar-refractivity contribution in [3.05, 3.63) is 69.2 Å². The lowest BCUT2D eigenvalue weighted by Crippen LogP contribution is -2.58. The van der Waals surface area contributed by atoms with Gasteiger partial charge in [0.1, 0.15) is 28.2 Å². The van der Waals surface area contributed by atoms with Crippen molar-refractivity contribution in [2.45, 2.75) is 107 Å². The van der Waals surface area contributed by atoms with Crippen molar-refractivity contribution in [1.82, 2.24) is 24.6 Å². The normalized spacial score (nSPS) is 22.1. The summed E-state index contributed by atoms with van der Waals surface area (Å²) in [6.45, 7) is 6.43. The van der Waals surface area contributed by atoms with Crippen LogP contribution in [0.15, 0.2) is 41.8 Å². The SMILES string of the molecule is O=C1COc2c(CCN(CCN3CCC(OCCc4cccc(CN5CCC6(CC5)CN(C(=O)c5csc(CC(F)(F)F)n5)CCO6)c4)[C@H]3C(=O)O)C3CCCCC3)ccc(O)c2N1. The predicted octanol–water partition coefficient (Wildman–Crippen LogP) is 5.76. The van der Waals surface area contributed by atoms with E-state index in [1.807, 2.05) is 12.1 Å². The molecule has 14 nitrogen and oxygen atoms in total. The molecule has 1 unspecified atom stereocenters. The van der Waals surface area contributed by atoms with E-state index in [-0.39, 0.29) is 34.9 Å². The van der Waals surface area contributed by atoms with Crippen LogP contribution in [0.2, 0.25) is 0 Å². The lowest BCUT2D eigenvalue weighted by molar-refractivity contribution is -0.146. The predicted molar refractivity (Wildman–Crippen MR) is 233 cm³/mol. The molecule has 1 aliphatic carbocycles. The van der Waals surface area contributed by atoms with Crippen LogP contribution in [-0.2, 0) is 44.9 Å². The zero-order valence-corrected chi connectivity index (χ0v) is 37.0. The number of aromatic hydroxyl groups is 1. The van der Waals surface area contributed by atoms with E-state index < -0.39 is 36.3 Å². The summed E-state index contributed by atoms with van der Waals surface area (Å²) < 4.78 is 56.9. The van der Waals surface area contributed by atoms with E-state index in [0.717, 1.165) is 86.4 Å². The highest BCUT2D eigenvalue weighted by Gasteiger charge is 2.43. The number of alkyl halides is 3. The average Bonchev–Trinajstić information content (AvgIpc) is 3.92. The van der Waals surface area contributed by atoms with E-state index in [0.29, 0.717) is 76.1 Å². The molecule has 3 N–H and O–H groups in total. The van der Waals surface area contributed by atoms with Crippen LogP contribution in [-0.4, -0.2) is 155 Å². The molecule has 2 atom stereocenters. The van der Waals surface area contributed by atoms with Crippen LogP contribution >= 0.6 is 11.3 Å². The van der Waals surface area contributed by atoms with E-state index >= 15 is 0 Å². The molecule has 348 valence electrons. The molecule has 0 bridgehead atoms. The number of carbonyl (C=O) groups excluding carboxylic acids is 2. The van der Waals surface area contributed by atoms with E-state index in [9.17, 15) is 37.8 Å². The first-order valence-electron chi connectivity index (χ1n) is 22.7. The summed E-state index contributed by atoms with van der Waals surface area (Å²) in [5, 5.41) is 24.8. The minimum Gasteiger partial charge on any atom is -0.506 e. The molecule has 4 aliphatic heterocycles. The second kappa shape index (κ2) is 20.5. The number of nitrogens with zero attached hydrogens (tertiary/aromatic N) is 5. The van der Waals surface area contributed by atoms with Gasteiger partial charge in [-0.05, 0) is 67.7 Å². The fourth-order valence-corrected chi connectivity index (χ4v) is 11.0. The zero-order valence-electron chi connectivity index (χ0n) is 36.2. The molecule has 5 heterocycles. The third-order valence-corrected chi connectivity index (χ3v) is 14.4. The number of benzene rings is 2. The number of fused-ring (bicyclic) bond motifs is 1. The third-order valence-electron chi connectivity index (χ3n) is 13.5. The van der Waals surface area contributed by atoms with Crippen molar-refractivity contribution in [2.75, 3.05) is 77.5 Å². The Bertz CT molecular complexity index is 2110. The third kappa shape index (κ3) is 11.5. The first kappa shape index (κ1) is 46.2. The highest BCUT2D eigenvalue weighted by Crippen LogP contribution is 2.40. The maximum Gasteiger partial charge on any atom is 0.395 e. The minimum absolute atomic E-state index is 0.0228. The number of nitrogens with one attached hydrogen (secondary N) is 1. The molecule has 1 aromatic heterocycles. The number of carboxylic acids is 1. The Morgan fingerprint density at radius 3 is 2.59 bits per heavy atom. The summed E-state index contributed by atoms with van der Waals surface area (Å²) in [7, 11) is 0. The van der Waals surface area contributed by atoms with Gasteiger partial charge in [0.2, 0.25) is 0 Å². The molecule has 4 fully saturated rings. The van der Waals surface area contributed by atoms with Gasteiger partial charge >= 0.3 is 12.1 Å². The van der Waals surface area contributed by atoms with Crippen molar-refractivity contribution >= 4 is 34.8 Å². The van der Waals surface area contributed by atoms with Crippen LogP contribution in [0.25, 0.3) is 0 Å². The Morgan fingerprint density at radius 1 is 1.02 bits per heavy atom. The first-order chi connectivity index (χ1) is 30.8. The summed E-state index contributed by atoms with van der Waals surface area (Å²) in [5.74, 6) is -1.04. The number of aromatic nitrogens is 1. The van der Waals surface area contributed by atoms with Gasteiger partial charge in [-0.1, -0.05) is 49.6 Å². The number of carbonyl (C=O) groups is 3. The van der Waals surface area contributed by atoms with E-state index in [1.165, 1.54) is 24.6 Å². The number of ether oxygens (including phenoxy) is 3. The number of anilines is 1. The maximum absolute atomic E-state index is 13.2. The second-order valence-electron chi connectivity index (χ2n) is 17.9. The highest BCUT2D eigenvalue weighted by molar-refractivity contribution is 7.09. The van der Waals surface area contributed by atoms with Crippen molar-refractivity contribution in [2.24, 2.45) is 0 Å². The Hall–Kier alpha value is -4.33. The van der Waals surface area contributed by atoms with Gasteiger partial charge in [0.05, 0.1) is 37.9 Å². The number of halogens is 3. The summed E-state index contributed by atoms with van der Waals surface area (Å²) in [5.41, 5.74) is 3.06. The topological polar surface area (TPSA) is 157 Å². The molecule has 1 saturated carbocycles. The molecule has 0 radical (unpaired) electrons.